The Kier molecular flexibility index (Phi) is 8.04. The van der Waals surface area contributed by atoms with Crippen LogP contribution in [-0.4, -0.2) is 14.2 Å². The lowest BCUT2D eigenvalue weighted by atomic mass is 10.2. The highest BCUT2D eigenvalue weighted by Gasteiger charge is 2.12. The first-order valence-electron chi connectivity index (χ1n) is 6.53. The largest absolute Gasteiger partial charge is 0.493 e. The molecule has 0 saturated heterocycles. The quantitative estimate of drug-likeness (QED) is 0.744. The normalized spacial score (nSPS) is 10.0. The summed E-state index contributed by atoms with van der Waals surface area (Å²) in [6, 6.07) is 11.6. The second-order valence-corrected chi connectivity index (χ2v) is 5.78. The van der Waals surface area contributed by atoms with Gasteiger partial charge in [0.25, 0.3) is 0 Å². The molecule has 120 valence electrons. The molecule has 0 aliphatic rings. The standard InChI is InChI=1S/C16H17BrClNO2.ClH/c1-19-9-11-7-13(17)16(15(8-11)20-2)21-10-12-5-3-4-6-14(12)18;/h3-8,19H,9-10H2,1-2H3;1H. The Hall–Kier alpha value is -0.940. The lowest BCUT2D eigenvalue weighted by Gasteiger charge is -2.15. The van der Waals surface area contributed by atoms with E-state index in [1.54, 1.807) is 7.11 Å². The Morgan fingerprint density at radius 2 is 1.95 bits per heavy atom. The van der Waals surface area contributed by atoms with Crippen LogP contribution in [0.15, 0.2) is 40.9 Å². The number of hydrogen-bond acceptors (Lipinski definition) is 3. The average molecular weight is 407 g/mol. The second-order valence-electron chi connectivity index (χ2n) is 4.52. The van der Waals surface area contributed by atoms with E-state index in [0.717, 1.165) is 22.1 Å². The van der Waals surface area contributed by atoms with Crippen molar-refractivity contribution in [2.24, 2.45) is 0 Å². The number of rotatable bonds is 6. The third kappa shape index (κ3) is 4.78. The lowest BCUT2D eigenvalue weighted by Crippen LogP contribution is -2.06. The molecule has 0 aliphatic heterocycles. The van der Waals surface area contributed by atoms with Crippen LogP contribution in [0, 0.1) is 0 Å². The van der Waals surface area contributed by atoms with Gasteiger partial charge in [0.1, 0.15) is 6.61 Å². The molecule has 2 rings (SSSR count). The van der Waals surface area contributed by atoms with E-state index in [9.17, 15) is 0 Å². The van der Waals surface area contributed by atoms with Gasteiger partial charge in [-0.05, 0) is 46.7 Å². The van der Waals surface area contributed by atoms with Crippen LogP contribution in [0.1, 0.15) is 11.1 Å². The molecular weight excluding hydrogens is 389 g/mol. The Morgan fingerprint density at radius 1 is 1.23 bits per heavy atom. The summed E-state index contributed by atoms with van der Waals surface area (Å²) in [5.74, 6) is 1.37. The van der Waals surface area contributed by atoms with Crippen molar-refractivity contribution in [2.45, 2.75) is 13.2 Å². The Labute approximate surface area is 150 Å². The Balaban J connectivity index is 0.00000242. The lowest BCUT2D eigenvalue weighted by molar-refractivity contribution is 0.282. The SMILES string of the molecule is CNCc1cc(Br)c(OCc2ccccc2Cl)c(OC)c1.Cl. The summed E-state index contributed by atoms with van der Waals surface area (Å²) in [5.41, 5.74) is 2.05. The first-order valence-corrected chi connectivity index (χ1v) is 7.70. The predicted octanol–water partition coefficient (Wildman–Crippen LogP) is 4.83. The fraction of sp³-hybridized carbons (Fsp3) is 0.250. The first kappa shape index (κ1) is 19.1. The zero-order chi connectivity index (χ0) is 15.2. The fourth-order valence-electron chi connectivity index (χ4n) is 1.98. The van der Waals surface area contributed by atoms with Gasteiger partial charge in [-0.25, -0.2) is 0 Å². The molecular formula is C16H18BrCl2NO2. The van der Waals surface area contributed by atoms with Crippen molar-refractivity contribution in [1.29, 1.82) is 0 Å². The highest BCUT2D eigenvalue weighted by Crippen LogP contribution is 2.37. The van der Waals surface area contributed by atoms with Gasteiger partial charge in [0.15, 0.2) is 11.5 Å². The van der Waals surface area contributed by atoms with Crippen LogP contribution in [0.2, 0.25) is 5.02 Å². The van der Waals surface area contributed by atoms with Crippen LogP contribution >= 0.6 is 39.9 Å². The summed E-state index contributed by atoms with van der Waals surface area (Å²) >= 11 is 9.67. The van der Waals surface area contributed by atoms with Crippen molar-refractivity contribution < 1.29 is 9.47 Å². The van der Waals surface area contributed by atoms with E-state index in [4.69, 9.17) is 21.1 Å². The molecule has 0 radical (unpaired) electrons. The second kappa shape index (κ2) is 9.26. The van der Waals surface area contributed by atoms with Crippen LogP contribution in [-0.2, 0) is 13.2 Å². The van der Waals surface area contributed by atoms with E-state index in [0.29, 0.717) is 23.1 Å². The van der Waals surface area contributed by atoms with Gasteiger partial charge >= 0.3 is 0 Å². The van der Waals surface area contributed by atoms with Crippen LogP contribution in [0.5, 0.6) is 11.5 Å². The maximum atomic E-state index is 6.14. The number of methoxy groups -OCH3 is 1. The number of halogens is 3. The molecule has 0 saturated carbocycles. The molecule has 0 aromatic heterocycles. The number of nitrogens with one attached hydrogen (secondary N) is 1. The van der Waals surface area contributed by atoms with Crippen molar-refractivity contribution in [3.8, 4) is 11.5 Å². The number of hydrogen-bond donors (Lipinski definition) is 1. The molecule has 0 atom stereocenters. The highest BCUT2D eigenvalue weighted by atomic mass is 79.9. The first-order chi connectivity index (χ1) is 10.2. The molecule has 0 spiro atoms. The third-order valence-corrected chi connectivity index (χ3v) is 3.96. The number of benzene rings is 2. The Morgan fingerprint density at radius 3 is 2.59 bits per heavy atom. The van der Waals surface area contributed by atoms with E-state index in [1.807, 2.05) is 43.4 Å². The molecule has 0 amide bonds. The fourth-order valence-corrected chi connectivity index (χ4v) is 2.78. The molecule has 0 heterocycles. The van der Waals surface area contributed by atoms with Gasteiger partial charge in [-0.3, -0.25) is 0 Å². The summed E-state index contributed by atoms with van der Waals surface area (Å²) in [6.07, 6.45) is 0. The molecule has 1 N–H and O–H groups in total. The van der Waals surface area contributed by atoms with Gasteiger partial charge in [0.05, 0.1) is 11.6 Å². The van der Waals surface area contributed by atoms with Gasteiger partial charge in [-0.15, -0.1) is 12.4 Å². The minimum Gasteiger partial charge on any atom is -0.493 e. The maximum absolute atomic E-state index is 6.14. The summed E-state index contributed by atoms with van der Waals surface area (Å²) in [5, 5.41) is 3.81. The monoisotopic (exact) mass is 405 g/mol. The summed E-state index contributed by atoms with van der Waals surface area (Å²) in [6.45, 7) is 1.15. The molecule has 6 heteroatoms. The molecule has 0 unspecified atom stereocenters. The summed E-state index contributed by atoms with van der Waals surface area (Å²) in [7, 11) is 3.54. The van der Waals surface area contributed by atoms with Crippen LogP contribution in [0.3, 0.4) is 0 Å². The van der Waals surface area contributed by atoms with Gasteiger partial charge < -0.3 is 14.8 Å². The molecule has 3 nitrogen and oxygen atoms in total. The van der Waals surface area contributed by atoms with Crippen molar-refractivity contribution >= 4 is 39.9 Å². The number of ether oxygens (including phenoxy) is 2. The molecule has 2 aromatic carbocycles. The van der Waals surface area contributed by atoms with Crippen molar-refractivity contribution in [2.75, 3.05) is 14.2 Å². The van der Waals surface area contributed by atoms with E-state index >= 15 is 0 Å². The average Bonchev–Trinajstić information content (AvgIpc) is 2.47. The van der Waals surface area contributed by atoms with Crippen molar-refractivity contribution in [1.82, 2.24) is 5.32 Å². The molecule has 0 fully saturated rings. The third-order valence-electron chi connectivity index (χ3n) is 3.00. The minimum absolute atomic E-state index is 0. The van der Waals surface area contributed by atoms with E-state index < -0.39 is 0 Å². The smallest absolute Gasteiger partial charge is 0.175 e. The molecule has 2 aromatic rings. The van der Waals surface area contributed by atoms with E-state index in [1.165, 1.54) is 0 Å². The van der Waals surface area contributed by atoms with Gasteiger partial charge in [0, 0.05) is 17.1 Å². The van der Waals surface area contributed by atoms with Crippen molar-refractivity contribution in [3.05, 3.63) is 57.0 Å². The maximum Gasteiger partial charge on any atom is 0.175 e. The molecule has 0 bridgehead atoms. The van der Waals surface area contributed by atoms with Gasteiger partial charge in [0.2, 0.25) is 0 Å². The Bertz CT molecular complexity index is 623. The highest BCUT2D eigenvalue weighted by molar-refractivity contribution is 9.10. The van der Waals surface area contributed by atoms with Gasteiger partial charge in [-0.1, -0.05) is 29.8 Å². The van der Waals surface area contributed by atoms with Crippen LogP contribution in [0.25, 0.3) is 0 Å². The topological polar surface area (TPSA) is 30.5 Å². The van der Waals surface area contributed by atoms with E-state index in [-0.39, 0.29) is 12.4 Å². The van der Waals surface area contributed by atoms with Gasteiger partial charge in [-0.2, -0.15) is 0 Å². The zero-order valence-electron chi connectivity index (χ0n) is 12.4. The van der Waals surface area contributed by atoms with E-state index in [2.05, 4.69) is 21.2 Å². The molecule has 0 aliphatic carbocycles. The predicted molar refractivity (Wildman–Crippen MR) is 96.5 cm³/mol. The summed E-state index contributed by atoms with van der Waals surface area (Å²) in [4.78, 5) is 0. The molecule has 22 heavy (non-hydrogen) atoms. The van der Waals surface area contributed by atoms with Crippen LogP contribution in [0.4, 0.5) is 0 Å². The zero-order valence-corrected chi connectivity index (χ0v) is 15.5. The summed E-state index contributed by atoms with van der Waals surface area (Å²) < 4.78 is 12.2. The minimum atomic E-state index is 0. The van der Waals surface area contributed by atoms with Crippen molar-refractivity contribution in [3.63, 3.8) is 0 Å². The van der Waals surface area contributed by atoms with Crippen LogP contribution < -0.4 is 14.8 Å².